The Labute approximate surface area is 197 Å². The van der Waals surface area contributed by atoms with E-state index in [0.717, 1.165) is 23.4 Å². The molecule has 2 saturated heterocycles. The first kappa shape index (κ1) is 24.3. The maximum absolute atomic E-state index is 13.2. The van der Waals surface area contributed by atoms with E-state index in [4.69, 9.17) is 4.74 Å². The van der Waals surface area contributed by atoms with Crippen molar-refractivity contribution in [2.24, 2.45) is 0 Å². The van der Waals surface area contributed by atoms with Gasteiger partial charge in [-0.15, -0.1) is 0 Å². The van der Waals surface area contributed by atoms with E-state index in [0.29, 0.717) is 38.3 Å². The van der Waals surface area contributed by atoms with Crippen molar-refractivity contribution in [3.05, 3.63) is 59.3 Å². The molecule has 1 amide bonds. The lowest BCUT2D eigenvalue weighted by molar-refractivity contribution is -0.137. The van der Waals surface area contributed by atoms with Crippen molar-refractivity contribution < 1.29 is 27.8 Å². The van der Waals surface area contributed by atoms with Crippen molar-refractivity contribution >= 4 is 11.9 Å². The van der Waals surface area contributed by atoms with Gasteiger partial charge in [0.25, 0.3) is 0 Å². The van der Waals surface area contributed by atoms with Crippen molar-refractivity contribution in [1.82, 2.24) is 9.88 Å². The van der Waals surface area contributed by atoms with Crippen LogP contribution in [-0.2, 0) is 16.5 Å². The van der Waals surface area contributed by atoms with Crippen LogP contribution < -0.4 is 4.90 Å². The zero-order valence-electron chi connectivity index (χ0n) is 19.6. The summed E-state index contributed by atoms with van der Waals surface area (Å²) < 4.78 is 44.5. The zero-order chi connectivity index (χ0) is 24.7. The van der Waals surface area contributed by atoms with Gasteiger partial charge in [-0.25, -0.2) is 9.78 Å². The molecule has 0 saturated carbocycles. The van der Waals surface area contributed by atoms with E-state index in [1.54, 1.807) is 18.7 Å². The Hall–Kier alpha value is -2.81. The van der Waals surface area contributed by atoms with Crippen LogP contribution in [0.2, 0.25) is 0 Å². The number of aryl methyl sites for hydroxylation is 1. The fourth-order valence-electron chi connectivity index (χ4n) is 4.93. The van der Waals surface area contributed by atoms with Gasteiger partial charge in [0.15, 0.2) is 0 Å². The largest absolute Gasteiger partial charge is 0.438 e. The Morgan fingerprint density at radius 1 is 1.15 bits per heavy atom. The number of aromatic nitrogens is 1. The molecule has 3 heterocycles. The number of alkyl halides is 3. The second kappa shape index (κ2) is 8.76. The number of hydrogen-bond donors (Lipinski definition) is 1. The topological polar surface area (TPSA) is 65.9 Å². The second-order valence-electron chi connectivity index (χ2n) is 9.95. The van der Waals surface area contributed by atoms with Crippen LogP contribution in [0.25, 0.3) is 0 Å². The van der Waals surface area contributed by atoms with Gasteiger partial charge in [-0.05, 0) is 44.9 Å². The number of benzene rings is 1. The van der Waals surface area contributed by atoms with Gasteiger partial charge in [-0.3, -0.25) is 0 Å². The van der Waals surface area contributed by atoms with Gasteiger partial charge in [0, 0.05) is 38.7 Å². The molecule has 6 nitrogen and oxygen atoms in total. The molecule has 184 valence electrons. The number of anilines is 1. The summed E-state index contributed by atoms with van der Waals surface area (Å²) in [5.74, 6) is 0.455. The van der Waals surface area contributed by atoms with Gasteiger partial charge in [-0.2, -0.15) is 13.2 Å². The van der Waals surface area contributed by atoms with Gasteiger partial charge < -0.3 is 19.6 Å². The predicted molar refractivity (Wildman–Crippen MR) is 121 cm³/mol. The van der Waals surface area contributed by atoms with E-state index in [9.17, 15) is 23.1 Å². The first-order valence-corrected chi connectivity index (χ1v) is 11.4. The van der Waals surface area contributed by atoms with Gasteiger partial charge in [0.05, 0.1) is 17.2 Å². The lowest BCUT2D eigenvalue weighted by Gasteiger charge is -2.45. The zero-order valence-corrected chi connectivity index (χ0v) is 19.6. The van der Waals surface area contributed by atoms with Crippen molar-refractivity contribution in [3.8, 4) is 0 Å². The third kappa shape index (κ3) is 5.14. The minimum absolute atomic E-state index is 0.130. The molecule has 2 aromatic rings. The maximum Gasteiger partial charge on any atom is 0.417 e. The molecule has 0 aliphatic carbocycles. The van der Waals surface area contributed by atoms with Gasteiger partial charge in [0.2, 0.25) is 0 Å². The van der Waals surface area contributed by atoms with Crippen LogP contribution in [0.5, 0.6) is 0 Å². The highest BCUT2D eigenvalue weighted by Gasteiger charge is 2.47. The average molecular weight is 478 g/mol. The molecule has 1 aromatic carbocycles. The van der Waals surface area contributed by atoms with E-state index in [1.807, 2.05) is 36.1 Å². The van der Waals surface area contributed by atoms with Crippen LogP contribution in [0.15, 0.2) is 42.6 Å². The highest BCUT2D eigenvalue weighted by molar-refractivity contribution is 5.70. The maximum atomic E-state index is 13.2. The molecule has 0 radical (unpaired) electrons. The van der Waals surface area contributed by atoms with Crippen LogP contribution in [0.1, 0.15) is 49.8 Å². The lowest BCUT2D eigenvalue weighted by atomic mass is 9.80. The second-order valence-corrected chi connectivity index (χ2v) is 9.95. The number of aliphatic hydroxyl groups is 1. The van der Waals surface area contributed by atoms with E-state index >= 15 is 0 Å². The highest BCUT2D eigenvalue weighted by atomic mass is 19.4. The van der Waals surface area contributed by atoms with Crippen LogP contribution >= 0.6 is 0 Å². The van der Waals surface area contributed by atoms with Gasteiger partial charge in [-0.1, -0.05) is 29.8 Å². The molecule has 2 fully saturated rings. The highest BCUT2D eigenvalue weighted by Crippen LogP contribution is 2.42. The number of ether oxygens (including phenoxy) is 1. The third-order valence-electron chi connectivity index (χ3n) is 6.57. The van der Waals surface area contributed by atoms with Gasteiger partial charge in [0.1, 0.15) is 11.4 Å². The summed E-state index contributed by atoms with van der Waals surface area (Å²) in [7, 11) is 0. The molecule has 34 heavy (non-hydrogen) atoms. The number of hydrogen-bond acceptors (Lipinski definition) is 5. The normalized spacial score (nSPS) is 23.9. The molecule has 2 aliphatic rings. The Balaban J connectivity index is 1.47. The summed E-state index contributed by atoms with van der Waals surface area (Å²) in [6.07, 6.45) is -2.56. The third-order valence-corrected chi connectivity index (χ3v) is 6.57. The molecule has 1 aromatic heterocycles. The van der Waals surface area contributed by atoms with Crippen molar-refractivity contribution in [2.45, 2.75) is 63.5 Å². The van der Waals surface area contributed by atoms with Crippen LogP contribution in [0.4, 0.5) is 23.8 Å². The van der Waals surface area contributed by atoms with E-state index in [2.05, 4.69) is 4.98 Å². The molecule has 2 aliphatic heterocycles. The van der Waals surface area contributed by atoms with Crippen molar-refractivity contribution in [1.29, 1.82) is 0 Å². The van der Waals surface area contributed by atoms with Crippen LogP contribution in [-0.4, -0.2) is 52.4 Å². The molecule has 0 bridgehead atoms. The molecule has 2 atom stereocenters. The molecular formula is C25H30F3N3O3. The van der Waals surface area contributed by atoms with E-state index in [-0.39, 0.29) is 12.5 Å². The number of rotatable bonds is 5. The summed E-state index contributed by atoms with van der Waals surface area (Å²) in [5, 5.41) is 10.6. The van der Waals surface area contributed by atoms with E-state index in [1.165, 1.54) is 6.07 Å². The first-order valence-electron chi connectivity index (χ1n) is 11.4. The molecule has 9 heteroatoms. The van der Waals surface area contributed by atoms with Crippen LogP contribution in [0.3, 0.4) is 0 Å². The summed E-state index contributed by atoms with van der Waals surface area (Å²) in [6.45, 7) is 6.90. The predicted octanol–water partition coefficient (Wildman–Crippen LogP) is 4.89. The quantitative estimate of drug-likeness (QED) is 0.665. The summed E-state index contributed by atoms with van der Waals surface area (Å²) in [6, 6.07) is 10.1. The fourth-order valence-corrected chi connectivity index (χ4v) is 4.93. The summed E-state index contributed by atoms with van der Waals surface area (Å²) >= 11 is 0. The Morgan fingerprint density at radius 2 is 1.85 bits per heavy atom. The minimum atomic E-state index is -4.43. The number of halogens is 3. The van der Waals surface area contributed by atoms with E-state index < -0.39 is 29.0 Å². The lowest BCUT2D eigenvalue weighted by Crippen LogP contribution is -2.54. The Bertz CT molecular complexity index is 1020. The number of nitrogens with zero attached hydrogens (tertiary/aromatic N) is 3. The Kier molecular flexibility index (Phi) is 6.27. The summed E-state index contributed by atoms with van der Waals surface area (Å²) in [5.41, 5.74) is -0.798. The van der Waals surface area contributed by atoms with Gasteiger partial charge >= 0.3 is 12.3 Å². The molecule has 0 spiro atoms. The first-order chi connectivity index (χ1) is 15.9. The molecular weight excluding hydrogens is 447 g/mol. The molecule has 0 unspecified atom stereocenters. The number of carbonyl (C=O) groups excluding carboxylic acids is 1. The average Bonchev–Trinajstić information content (AvgIpc) is 3.22. The SMILES string of the molecule is Cc1ccc([C@@]2(CC(C)(C)O)CCN([C@H]3CCN(c4ccc(C(F)(F)F)cn4)C3)C(=O)O2)cc1. The Morgan fingerprint density at radius 3 is 2.41 bits per heavy atom. The fraction of sp³-hybridized carbons (Fsp3) is 0.520. The number of pyridine rings is 1. The number of amides is 1. The number of cyclic esters (lactones) is 1. The standard InChI is InChI=1S/C25H30F3N3O3/c1-17-4-6-18(7-5-17)24(16-23(2,3)33)11-13-31(22(32)34-24)20-10-12-30(15-20)21-9-8-19(14-29-21)25(26,27)28/h4-9,14,20,33H,10-13,15-16H2,1-3H3/t20-,24-/m0/s1. The summed E-state index contributed by atoms with van der Waals surface area (Å²) in [4.78, 5) is 20.7. The monoisotopic (exact) mass is 477 g/mol. The molecule has 4 rings (SSSR count). The van der Waals surface area contributed by atoms with Crippen LogP contribution in [0, 0.1) is 6.92 Å². The number of carbonyl (C=O) groups is 1. The van der Waals surface area contributed by atoms with Crippen molar-refractivity contribution in [2.75, 3.05) is 24.5 Å². The van der Waals surface area contributed by atoms with Crippen molar-refractivity contribution in [3.63, 3.8) is 0 Å². The molecule has 1 N–H and O–H groups in total. The smallest absolute Gasteiger partial charge is 0.417 e. The minimum Gasteiger partial charge on any atom is -0.438 e.